The van der Waals surface area contributed by atoms with Crippen molar-refractivity contribution in [2.45, 2.75) is 0 Å². The fraction of sp³-hybridized carbons (Fsp3) is 0. The Bertz CT molecular complexity index is 827. The topological polar surface area (TPSA) is 83.0 Å². The Labute approximate surface area is 131 Å². The quantitative estimate of drug-likeness (QED) is 0.573. The lowest BCUT2D eigenvalue weighted by Crippen LogP contribution is -2.18. The maximum Gasteiger partial charge on any atom is 0.289 e. The van der Waals surface area contributed by atoms with Gasteiger partial charge in [0.05, 0.1) is 17.6 Å². The number of aromatic amines is 1. The number of hydrogen-bond acceptors (Lipinski definition) is 4. The smallest absolute Gasteiger partial charge is 0.272 e. The zero-order valence-corrected chi connectivity index (χ0v) is 11.9. The van der Waals surface area contributed by atoms with E-state index in [0.29, 0.717) is 17.0 Å². The molecule has 2 heterocycles. The number of pyridine rings is 1. The monoisotopic (exact) mass is 309 g/mol. The van der Waals surface area contributed by atoms with Gasteiger partial charge < -0.3 is 0 Å². The van der Waals surface area contributed by atoms with Crippen LogP contribution < -0.4 is 5.43 Å². The van der Waals surface area contributed by atoms with Gasteiger partial charge in [0.1, 0.15) is 11.5 Å². The maximum absolute atomic E-state index is 12.9. The molecule has 23 heavy (non-hydrogen) atoms. The van der Waals surface area contributed by atoms with E-state index in [1.807, 2.05) is 6.07 Å². The van der Waals surface area contributed by atoms with Crippen molar-refractivity contribution in [3.05, 3.63) is 71.9 Å². The number of halogens is 1. The third-order valence-corrected chi connectivity index (χ3v) is 3.01. The molecule has 0 spiro atoms. The van der Waals surface area contributed by atoms with Crippen LogP contribution in [0.15, 0.2) is 59.8 Å². The van der Waals surface area contributed by atoms with Gasteiger partial charge in [-0.2, -0.15) is 10.2 Å². The Kier molecular flexibility index (Phi) is 4.19. The second-order valence-corrected chi connectivity index (χ2v) is 4.63. The van der Waals surface area contributed by atoms with Crippen molar-refractivity contribution in [2.24, 2.45) is 5.10 Å². The summed E-state index contributed by atoms with van der Waals surface area (Å²) in [5, 5.41) is 10.5. The van der Waals surface area contributed by atoms with E-state index >= 15 is 0 Å². The summed E-state index contributed by atoms with van der Waals surface area (Å²) < 4.78 is 12.9. The first kappa shape index (κ1) is 14.6. The molecular weight excluding hydrogens is 297 g/mol. The molecule has 2 aromatic heterocycles. The molecule has 0 radical (unpaired) electrons. The summed E-state index contributed by atoms with van der Waals surface area (Å²) in [4.78, 5) is 16.0. The van der Waals surface area contributed by atoms with Gasteiger partial charge in [-0.15, -0.1) is 0 Å². The first-order valence-electron chi connectivity index (χ1n) is 6.78. The van der Waals surface area contributed by atoms with Crippen LogP contribution >= 0.6 is 0 Å². The minimum Gasteiger partial charge on any atom is -0.272 e. The first-order chi connectivity index (χ1) is 11.2. The molecule has 0 saturated heterocycles. The molecule has 3 aromatic rings. The number of aromatic nitrogens is 3. The third kappa shape index (κ3) is 3.65. The van der Waals surface area contributed by atoms with Crippen molar-refractivity contribution in [1.82, 2.24) is 20.6 Å². The van der Waals surface area contributed by atoms with Crippen LogP contribution in [0.1, 0.15) is 16.2 Å². The molecule has 1 amide bonds. The SMILES string of the molecule is O=C(N/N=C/c1ccccn1)c1cc(-c2ccc(F)cc2)n[nH]1. The van der Waals surface area contributed by atoms with Crippen molar-refractivity contribution >= 4 is 12.1 Å². The zero-order valence-electron chi connectivity index (χ0n) is 11.9. The fourth-order valence-electron chi connectivity index (χ4n) is 1.88. The van der Waals surface area contributed by atoms with Crippen molar-refractivity contribution < 1.29 is 9.18 Å². The number of amides is 1. The van der Waals surface area contributed by atoms with Gasteiger partial charge in [0, 0.05) is 11.8 Å². The highest BCUT2D eigenvalue weighted by atomic mass is 19.1. The van der Waals surface area contributed by atoms with Crippen LogP contribution in [-0.2, 0) is 0 Å². The van der Waals surface area contributed by atoms with Gasteiger partial charge >= 0.3 is 0 Å². The largest absolute Gasteiger partial charge is 0.289 e. The van der Waals surface area contributed by atoms with Crippen LogP contribution in [0.4, 0.5) is 4.39 Å². The molecule has 0 atom stereocenters. The number of nitrogens with zero attached hydrogens (tertiary/aromatic N) is 3. The minimum atomic E-state index is -0.432. The Morgan fingerprint density at radius 1 is 1.22 bits per heavy atom. The molecule has 2 N–H and O–H groups in total. The van der Waals surface area contributed by atoms with Gasteiger partial charge in [0.2, 0.25) is 0 Å². The molecule has 0 aliphatic heterocycles. The average molecular weight is 309 g/mol. The van der Waals surface area contributed by atoms with Crippen LogP contribution in [0.3, 0.4) is 0 Å². The molecule has 6 nitrogen and oxygen atoms in total. The summed E-state index contributed by atoms with van der Waals surface area (Å²) in [6.07, 6.45) is 3.07. The summed E-state index contributed by atoms with van der Waals surface area (Å²) in [6.45, 7) is 0. The zero-order chi connectivity index (χ0) is 16.1. The molecule has 1 aromatic carbocycles. The molecule has 3 rings (SSSR count). The average Bonchev–Trinajstić information content (AvgIpc) is 3.06. The van der Waals surface area contributed by atoms with Crippen LogP contribution in [0.5, 0.6) is 0 Å². The van der Waals surface area contributed by atoms with E-state index in [1.54, 1.807) is 36.5 Å². The van der Waals surface area contributed by atoms with E-state index in [4.69, 9.17) is 0 Å². The van der Waals surface area contributed by atoms with E-state index in [9.17, 15) is 9.18 Å². The Morgan fingerprint density at radius 3 is 2.78 bits per heavy atom. The standard InChI is InChI=1S/C16H12FN5O/c17-12-6-4-11(5-7-12)14-9-15(21-20-14)16(23)22-19-10-13-3-1-2-8-18-13/h1-10H,(H,20,21)(H,22,23)/b19-10+. The number of H-pyrrole nitrogens is 1. The molecule has 0 fully saturated rings. The number of carbonyl (C=O) groups is 1. The summed E-state index contributed by atoms with van der Waals surface area (Å²) >= 11 is 0. The highest BCUT2D eigenvalue weighted by Gasteiger charge is 2.10. The number of hydrogen-bond donors (Lipinski definition) is 2. The Morgan fingerprint density at radius 2 is 2.04 bits per heavy atom. The molecule has 0 aliphatic carbocycles. The highest BCUT2D eigenvalue weighted by Crippen LogP contribution is 2.17. The summed E-state index contributed by atoms with van der Waals surface area (Å²) in [5.74, 6) is -0.760. The molecule has 0 unspecified atom stereocenters. The Balaban J connectivity index is 1.67. The number of benzene rings is 1. The van der Waals surface area contributed by atoms with Crippen LogP contribution in [0, 0.1) is 5.82 Å². The van der Waals surface area contributed by atoms with Gasteiger partial charge in [-0.05, 0) is 42.5 Å². The van der Waals surface area contributed by atoms with Crippen molar-refractivity contribution in [1.29, 1.82) is 0 Å². The fourth-order valence-corrected chi connectivity index (χ4v) is 1.88. The summed E-state index contributed by atoms with van der Waals surface area (Å²) in [6, 6.07) is 12.8. The second-order valence-electron chi connectivity index (χ2n) is 4.63. The van der Waals surface area contributed by atoms with E-state index in [0.717, 1.165) is 0 Å². The van der Waals surface area contributed by atoms with Gasteiger partial charge in [-0.3, -0.25) is 14.9 Å². The van der Waals surface area contributed by atoms with E-state index in [1.165, 1.54) is 18.3 Å². The lowest BCUT2D eigenvalue weighted by molar-refractivity contribution is 0.0950. The van der Waals surface area contributed by atoms with Gasteiger partial charge in [0.25, 0.3) is 5.91 Å². The van der Waals surface area contributed by atoms with Crippen LogP contribution in [0.2, 0.25) is 0 Å². The van der Waals surface area contributed by atoms with E-state index < -0.39 is 5.91 Å². The maximum atomic E-state index is 12.9. The first-order valence-corrected chi connectivity index (χ1v) is 6.78. The van der Waals surface area contributed by atoms with Crippen LogP contribution in [-0.4, -0.2) is 27.3 Å². The van der Waals surface area contributed by atoms with Crippen molar-refractivity contribution in [3.63, 3.8) is 0 Å². The lowest BCUT2D eigenvalue weighted by Gasteiger charge is -1.95. The number of carbonyl (C=O) groups excluding carboxylic acids is 1. The molecule has 0 saturated carbocycles. The Hall–Kier alpha value is -3.35. The predicted molar refractivity (Wildman–Crippen MR) is 83.3 cm³/mol. The number of rotatable bonds is 4. The minimum absolute atomic E-state index is 0.252. The predicted octanol–water partition coefficient (Wildman–Crippen LogP) is 2.37. The van der Waals surface area contributed by atoms with Crippen molar-refractivity contribution in [2.75, 3.05) is 0 Å². The number of hydrazone groups is 1. The molecule has 0 bridgehead atoms. The highest BCUT2D eigenvalue weighted by molar-refractivity contribution is 5.93. The third-order valence-electron chi connectivity index (χ3n) is 3.01. The van der Waals surface area contributed by atoms with Crippen molar-refractivity contribution in [3.8, 4) is 11.3 Å². The second kappa shape index (κ2) is 6.61. The molecule has 114 valence electrons. The summed E-state index contributed by atoms with van der Waals surface area (Å²) in [5.41, 5.74) is 4.51. The lowest BCUT2D eigenvalue weighted by atomic mass is 10.1. The normalized spacial score (nSPS) is 10.8. The van der Waals surface area contributed by atoms with Gasteiger partial charge in [-0.1, -0.05) is 6.07 Å². The van der Waals surface area contributed by atoms with Crippen LogP contribution in [0.25, 0.3) is 11.3 Å². The van der Waals surface area contributed by atoms with Gasteiger partial charge in [0.15, 0.2) is 0 Å². The van der Waals surface area contributed by atoms with Gasteiger partial charge in [-0.25, -0.2) is 9.82 Å². The summed E-state index contributed by atoms with van der Waals surface area (Å²) in [7, 11) is 0. The molecular formula is C16H12FN5O. The molecule has 0 aliphatic rings. The molecule has 7 heteroatoms. The number of nitrogens with one attached hydrogen (secondary N) is 2. The van der Waals surface area contributed by atoms with E-state index in [2.05, 4.69) is 25.7 Å². The van der Waals surface area contributed by atoms with E-state index in [-0.39, 0.29) is 11.5 Å².